The molecule has 0 radical (unpaired) electrons. The molecular weight excluding hydrogens is 358 g/mol. The van der Waals surface area contributed by atoms with Crippen molar-refractivity contribution in [3.63, 3.8) is 0 Å². The highest BCUT2D eigenvalue weighted by atomic mass is 16.5. The van der Waals surface area contributed by atoms with Gasteiger partial charge >= 0.3 is 0 Å². The lowest BCUT2D eigenvalue weighted by Gasteiger charge is -2.08. The van der Waals surface area contributed by atoms with Crippen LogP contribution in [0.1, 0.15) is 24.2 Å². The van der Waals surface area contributed by atoms with Crippen molar-refractivity contribution in [1.29, 1.82) is 0 Å². The molecule has 1 aromatic heterocycles. The fourth-order valence-corrected chi connectivity index (χ4v) is 2.60. The van der Waals surface area contributed by atoms with Gasteiger partial charge in [0.2, 0.25) is 0 Å². The van der Waals surface area contributed by atoms with Crippen LogP contribution in [0.4, 0.5) is 11.7 Å². The Morgan fingerprint density at radius 3 is 2.25 bits per heavy atom. The molecule has 0 unspecified atom stereocenters. The number of carbonyl (C=O) groups excluding carboxylic acids is 1. The van der Waals surface area contributed by atoms with Gasteiger partial charge in [0.15, 0.2) is 5.76 Å². The molecule has 1 heterocycles. The van der Waals surface area contributed by atoms with E-state index in [2.05, 4.69) is 15.6 Å². The highest BCUT2D eigenvalue weighted by molar-refractivity contribution is 5.94. The van der Waals surface area contributed by atoms with Crippen LogP contribution in [0.3, 0.4) is 0 Å². The number of ether oxygens (including phenoxy) is 2. The quantitative estimate of drug-likeness (QED) is 0.637. The van der Waals surface area contributed by atoms with Crippen LogP contribution < -0.4 is 20.1 Å². The Morgan fingerprint density at radius 2 is 1.68 bits per heavy atom. The molecule has 3 rings (SSSR count). The summed E-state index contributed by atoms with van der Waals surface area (Å²) >= 11 is 0. The van der Waals surface area contributed by atoms with Crippen LogP contribution >= 0.6 is 0 Å². The van der Waals surface area contributed by atoms with Crippen LogP contribution in [0, 0.1) is 0 Å². The van der Waals surface area contributed by atoms with E-state index in [0.717, 1.165) is 11.3 Å². The van der Waals surface area contributed by atoms with Crippen molar-refractivity contribution in [3.8, 4) is 22.8 Å². The van der Waals surface area contributed by atoms with Crippen molar-refractivity contribution in [1.82, 2.24) is 10.3 Å². The third-order valence-electron chi connectivity index (χ3n) is 3.96. The Labute approximate surface area is 163 Å². The molecule has 0 aliphatic rings. The molecule has 0 aliphatic carbocycles. The molecule has 7 heteroatoms. The number of methoxy groups -OCH3 is 2. The summed E-state index contributed by atoms with van der Waals surface area (Å²) < 4.78 is 16.3. The summed E-state index contributed by atoms with van der Waals surface area (Å²) in [5.41, 5.74) is 2.15. The minimum Gasteiger partial charge on any atom is -0.497 e. The summed E-state index contributed by atoms with van der Waals surface area (Å²) in [6.07, 6.45) is 1.63. The monoisotopic (exact) mass is 381 g/mol. The molecule has 0 spiro atoms. The Kier molecular flexibility index (Phi) is 5.84. The number of rotatable bonds is 7. The van der Waals surface area contributed by atoms with Crippen LogP contribution in [0.5, 0.6) is 11.5 Å². The number of hydrogen-bond donors (Lipinski definition) is 2. The average molecular weight is 381 g/mol. The lowest BCUT2D eigenvalue weighted by Crippen LogP contribution is -2.29. The third kappa shape index (κ3) is 4.62. The zero-order valence-electron chi connectivity index (χ0n) is 16.3. The van der Waals surface area contributed by atoms with Crippen molar-refractivity contribution in [2.24, 2.45) is 0 Å². The van der Waals surface area contributed by atoms with Gasteiger partial charge in [-0.05, 0) is 26.0 Å². The number of nitrogens with one attached hydrogen (secondary N) is 2. The van der Waals surface area contributed by atoms with E-state index in [4.69, 9.17) is 13.9 Å². The first kappa shape index (κ1) is 19.3. The fourth-order valence-electron chi connectivity index (χ4n) is 2.60. The lowest BCUT2D eigenvalue weighted by molar-refractivity contribution is 0.0943. The largest absolute Gasteiger partial charge is 0.497 e. The number of hydrogen-bond acceptors (Lipinski definition) is 6. The van der Waals surface area contributed by atoms with E-state index in [-0.39, 0.29) is 11.9 Å². The predicted octanol–water partition coefficient (Wildman–Crippen LogP) is 4.24. The summed E-state index contributed by atoms with van der Waals surface area (Å²) in [7, 11) is 3.18. The van der Waals surface area contributed by atoms with Gasteiger partial charge in [0, 0.05) is 41.1 Å². The van der Waals surface area contributed by atoms with Gasteiger partial charge in [0.1, 0.15) is 11.5 Å². The van der Waals surface area contributed by atoms with Crippen LogP contribution in [0.2, 0.25) is 0 Å². The Hall–Kier alpha value is -3.48. The molecule has 0 fully saturated rings. The standard InChI is InChI=1S/C21H23N3O4/c1-13(2)23-20(25)15-7-5-14(6-8-15)19-12-22-21(28-19)24-16-9-17(26-3)11-18(10-16)27-4/h5-13H,1-4H3,(H,22,24)(H,23,25). The third-order valence-corrected chi connectivity index (χ3v) is 3.96. The van der Waals surface area contributed by atoms with E-state index < -0.39 is 0 Å². The van der Waals surface area contributed by atoms with E-state index in [9.17, 15) is 4.79 Å². The van der Waals surface area contributed by atoms with Gasteiger partial charge in [0.05, 0.1) is 20.4 Å². The first-order valence-corrected chi connectivity index (χ1v) is 8.85. The van der Waals surface area contributed by atoms with Gasteiger partial charge in [-0.2, -0.15) is 0 Å². The van der Waals surface area contributed by atoms with Crippen molar-refractivity contribution in [3.05, 3.63) is 54.2 Å². The number of aromatic nitrogens is 1. The van der Waals surface area contributed by atoms with Gasteiger partial charge in [-0.25, -0.2) is 4.98 Å². The number of oxazole rings is 1. The molecular formula is C21H23N3O4. The molecule has 28 heavy (non-hydrogen) atoms. The van der Waals surface area contributed by atoms with E-state index in [1.54, 1.807) is 38.6 Å². The van der Waals surface area contributed by atoms with Gasteiger partial charge < -0.3 is 24.5 Å². The Balaban J connectivity index is 1.74. The maximum Gasteiger partial charge on any atom is 0.299 e. The summed E-state index contributed by atoms with van der Waals surface area (Å²) in [4.78, 5) is 16.3. The summed E-state index contributed by atoms with van der Waals surface area (Å²) in [6.45, 7) is 3.85. The molecule has 146 valence electrons. The molecule has 0 saturated carbocycles. The highest BCUT2D eigenvalue weighted by Crippen LogP contribution is 2.29. The summed E-state index contributed by atoms with van der Waals surface area (Å²) in [6, 6.07) is 13.0. The van der Waals surface area contributed by atoms with Gasteiger partial charge in [-0.15, -0.1) is 0 Å². The molecule has 0 atom stereocenters. The number of benzene rings is 2. The van der Waals surface area contributed by atoms with Gasteiger partial charge in [0.25, 0.3) is 11.9 Å². The normalized spacial score (nSPS) is 10.6. The first-order chi connectivity index (χ1) is 13.5. The van der Waals surface area contributed by atoms with Gasteiger partial charge in [-0.3, -0.25) is 4.79 Å². The Bertz CT molecular complexity index is 926. The van der Waals surface area contributed by atoms with E-state index in [0.29, 0.717) is 28.8 Å². The van der Waals surface area contributed by atoms with Crippen LogP contribution in [0.25, 0.3) is 11.3 Å². The van der Waals surface area contributed by atoms with Crippen LogP contribution in [-0.4, -0.2) is 31.2 Å². The molecule has 1 amide bonds. The average Bonchev–Trinajstić information content (AvgIpc) is 3.15. The topological polar surface area (TPSA) is 85.6 Å². The van der Waals surface area contributed by atoms with Crippen LogP contribution in [0.15, 0.2) is 53.1 Å². The molecule has 7 nitrogen and oxygen atoms in total. The molecule has 0 aliphatic heterocycles. The first-order valence-electron chi connectivity index (χ1n) is 8.85. The van der Waals surface area contributed by atoms with E-state index in [1.807, 2.05) is 38.1 Å². The van der Waals surface area contributed by atoms with E-state index in [1.165, 1.54) is 0 Å². The number of anilines is 2. The second-order valence-corrected chi connectivity index (χ2v) is 6.46. The SMILES string of the molecule is COc1cc(Nc2ncc(-c3ccc(C(=O)NC(C)C)cc3)o2)cc(OC)c1. The Morgan fingerprint density at radius 1 is 1.04 bits per heavy atom. The maximum absolute atomic E-state index is 12.0. The smallest absolute Gasteiger partial charge is 0.299 e. The summed E-state index contributed by atoms with van der Waals surface area (Å²) in [5, 5.41) is 5.96. The van der Waals surface area contributed by atoms with Gasteiger partial charge in [-0.1, -0.05) is 12.1 Å². The number of nitrogens with zero attached hydrogens (tertiary/aromatic N) is 1. The minimum absolute atomic E-state index is 0.0883. The predicted molar refractivity (Wildman–Crippen MR) is 107 cm³/mol. The fraction of sp³-hybridized carbons (Fsp3) is 0.238. The molecule has 3 aromatic rings. The second-order valence-electron chi connectivity index (χ2n) is 6.46. The number of amides is 1. The lowest BCUT2D eigenvalue weighted by atomic mass is 10.1. The molecule has 2 aromatic carbocycles. The van der Waals surface area contributed by atoms with E-state index >= 15 is 0 Å². The van der Waals surface area contributed by atoms with Crippen molar-refractivity contribution in [2.45, 2.75) is 19.9 Å². The van der Waals surface area contributed by atoms with Crippen molar-refractivity contribution < 1.29 is 18.7 Å². The molecule has 0 saturated heterocycles. The molecule has 0 bridgehead atoms. The highest BCUT2D eigenvalue weighted by Gasteiger charge is 2.11. The maximum atomic E-state index is 12.0. The molecule has 2 N–H and O–H groups in total. The zero-order chi connectivity index (χ0) is 20.1. The summed E-state index contributed by atoms with van der Waals surface area (Å²) in [5.74, 6) is 1.80. The minimum atomic E-state index is -0.103. The zero-order valence-corrected chi connectivity index (χ0v) is 16.3. The van der Waals surface area contributed by atoms with Crippen LogP contribution in [-0.2, 0) is 0 Å². The van der Waals surface area contributed by atoms with Crippen molar-refractivity contribution >= 4 is 17.6 Å². The second kappa shape index (κ2) is 8.47. The van der Waals surface area contributed by atoms with Crippen molar-refractivity contribution in [2.75, 3.05) is 19.5 Å². The number of carbonyl (C=O) groups is 1.